The van der Waals surface area contributed by atoms with Gasteiger partial charge in [0.25, 0.3) is 0 Å². The van der Waals surface area contributed by atoms with E-state index < -0.39 is 5.97 Å². The van der Waals surface area contributed by atoms with E-state index in [0.717, 1.165) is 56.1 Å². The smallest absolute Gasteiger partial charge is 0.307 e. The summed E-state index contributed by atoms with van der Waals surface area (Å²) in [5.74, 6) is 1.34. The van der Waals surface area contributed by atoms with Gasteiger partial charge in [0.1, 0.15) is 6.33 Å². The van der Waals surface area contributed by atoms with Crippen LogP contribution in [-0.4, -0.2) is 32.3 Å². The lowest BCUT2D eigenvalue weighted by Crippen LogP contribution is -2.52. The molecule has 32 heavy (non-hydrogen) atoms. The number of hydrogen-bond acceptors (Lipinski definition) is 4. The van der Waals surface area contributed by atoms with Gasteiger partial charge in [0, 0.05) is 18.0 Å². The summed E-state index contributed by atoms with van der Waals surface area (Å²) in [5.41, 5.74) is 4.90. The van der Waals surface area contributed by atoms with Crippen LogP contribution in [0.5, 0.6) is 0 Å². The number of aliphatic hydroxyl groups excluding tert-OH is 1. The molecule has 172 valence electrons. The largest absolute Gasteiger partial charge is 0.481 e. The maximum atomic E-state index is 11.8. The van der Waals surface area contributed by atoms with Crippen LogP contribution < -0.4 is 0 Å². The fraction of sp³-hybridized carbons (Fsp3) is 0.667. The number of aromatic nitrogens is 2. The van der Waals surface area contributed by atoms with Crippen molar-refractivity contribution in [2.75, 3.05) is 0 Å². The Morgan fingerprint density at radius 1 is 1.09 bits per heavy atom. The SMILES string of the molecule is CC[C@H]1C=C2C[C@@H](O)CC[C@]2(C)[C@H]2CC[C@]3(C)C(c4cncnc4)=C(CC(=O)O)C[C@H]3[C@H]12. The molecule has 2 saturated carbocycles. The van der Waals surface area contributed by atoms with Gasteiger partial charge in [0.15, 0.2) is 0 Å². The van der Waals surface area contributed by atoms with E-state index in [1.165, 1.54) is 11.1 Å². The van der Waals surface area contributed by atoms with Gasteiger partial charge >= 0.3 is 5.97 Å². The molecule has 4 aliphatic rings. The van der Waals surface area contributed by atoms with Gasteiger partial charge in [0.2, 0.25) is 0 Å². The molecule has 5 rings (SSSR count). The Balaban J connectivity index is 1.59. The second-order valence-corrected chi connectivity index (χ2v) is 11.2. The van der Waals surface area contributed by atoms with Crippen LogP contribution in [0.1, 0.15) is 77.7 Å². The second-order valence-electron chi connectivity index (χ2n) is 11.2. The summed E-state index contributed by atoms with van der Waals surface area (Å²) in [4.78, 5) is 20.4. The first-order chi connectivity index (χ1) is 15.3. The lowest BCUT2D eigenvalue weighted by molar-refractivity contribution is -0.136. The summed E-state index contributed by atoms with van der Waals surface area (Å²) in [6, 6.07) is 0. The molecule has 0 amide bonds. The highest BCUT2D eigenvalue weighted by molar-refractivity contribution is 5.81. The predicted octanol–water partition coefficient (Wildman–Crippen LogP) is 5.27. The van der Waals surface area contributed by atoms with Gasteiger partial charge < -0.3 is 10.2 Å². The average Bonchev–Trinajstić information content (AvgIpc) is 3.05. The molecule has 5 nitrogen and oxygen atoms in total. The summed E-state index contributed by atoms with van der Waals surface area (Å²) in [6.07, 6.45) is 14.7. The number of aliphatic hydroxyl groups is 1. The van der Waals surface area contributed by atoms with Gasteiger partial charge in [-0.25, -0.2) is 9.97 Å². The lowest BCUT2D eigenvalue weighted by atomic mass is 9.45. The van der Waals surface area contributed by atoms with Crippen molar-refractivity contribution in [1.82, 2.24) is 9.97 Å². The Kier molecular flexibility index (Phi) is 5.31. The molecule has 1 heterocycles. The van der Waals surface area contributed by atoms with Crippen molar-refractivity contribution in [3.8, 4) is 0 Å². The van der Waals surface area contributed by atoms with Crippen LogP contribution in [0, 0.1) is 34.5 Å². The van der Waals surface area contributed by atoms with Crippen molar-refractivity contribution < 1.29 is 15.0 Å². The Bertz CT molecular complexity index is 970. The Morgan fingerprint density at radius 3 is 2.50 bits per heavy atom. The van der Waals surface area contributed by atoms with E-state index >= 15 is 0 Å². The minimum atomic E-state index is -0.751. The first-order valence-corrected chi connectivity index (χ1v) is 12.4. The van der Waals surface area contributed by atoms with E-state index in [4.69, 9.17) is 0 Å². The highest BCUT2D eigenvalue weighted by Crippen LogP contribution is 2.69. The van der Waals surface area contributed by atoms with Gasteiger partial charge in [-0.05, 0) is 85.0 Å². The molecule has 1 aromatic rings. The number of aliphatic carboxylic acids is 1. The zero-order chi connectivity index (χ0) is 22.7. The average molecular weight is 437 g/mol. The Morgan fingerprint density at radius 2 is 1.81 bits per heavy atom. The molecule has 0 radical (unpaired) electrons. The molecule has 2 N–H and O–H groups in total. The van der Waals surface area contributed by atoms with Crippen LogP contribution in [0.25, 0.3) is 5.57 Å². The molecule has 0 aromatic carbocycles. The second kappa shape index (κ2) is 7.79. The fourth-order valence-electron chi connectivity index (χ4n) is 8.28. The van der Waals surface area contributed by atoms with E-state index in [0.29, 0.717) is 23.7 Å². The van der Waals surface area contributed by atoms with Gasteiger partial charge in [-0.15, -0.1) is 0 Å². The predicted molar refractivity (Wildman–Crippen MR) is 123 cm³/mol. The third kappa shape index (κ3) is 3.19. The topological polar surface area (TPSA) is 83.3 Å². The minimum Gasteiger partial charge on any atom is -0.481 e. The van der Waals surface area contributed by atoms with E-state index in [1.807, 2.05) is 12.4 Å². The highest BCUT2D eigenvalue weighted by atomic mass is 16.4. The monoisotopic (exact) mass is 436 g/mol. The van der Waals surface area contributed by atoms with Crippen molar-refractivity contribution >= 4 is 11.5 Å². The van der Waals surface area contributed by atoms with E-state index in [9.17, 15) is 15.0 Å². The molecular weight excluding hydrogens is 400 g/mol. The van der Waals surface area contributed by atoms with Crippen LogP contribution in [0.2, 0.25) is 0 Å². The summed E-state index contributed by atoms with van der Waals surface area (Å²) in [5, 5.41) is 20.1. The van der Waals surface area contributed by atoms with E-state index in [1.54, 1.807) is 6.33 Å². The number of fused-ring (bicyclic) bond motifs is 5. The number of carboxylic acids is 1. The number of carbonyl (C=O) groups is 1. The van der Waals surface area contributed by atoms with Crippen LogP contribution in [-0.2, 0) is 4.79 Å². The van der Waals surface area contributed by atoms with Crippen LogP contribution in [0.4, 0.5) is 0 Å². The van der Waals surface area contributed by atoms with Crippen molar-refractivity contribution in [2.24, 2.45) is 34.5 Å². The molecule has 7 atom stereocenters. The van der Waals surface area contributed by atoms with Gasteiger partial charge in [-0.1, -0.05) is 38.0 Å². The molecule has 0 aliphatic heterocycles. The van der Waals surface area contributed by atoms with Gasteiger partial charge in [0.05, 0.1) is 12.5 Å². The van der Waals surface area contributed by atoms with Crippen LogP contribution in [0.15, 0.2) is 35.9 Å². The Hall–Kier alpha value is -2.01. The van der Waals surface area contributed by atoms with Crippen LogP contribution in [0.3, 0.4) is 0 Å². The van der Waals surface area contributed by atoms with Crippen molar-refractivity contribution in [3.63, 3.8) is 0 Å². The molecule has 0 saturated heterocycles. The van der Waals surface area contributed by atoms with Gasteiger partial charge in [-0.2, -0.15) is 0 Å². The maximum Gasteiger partial charge on any atom is 0.307 e. The molecule has 5 heteroatoms. The first-order valence-electron chi connectivity index (χ1n) is 12.4. The quantitative estimate of drug-likeness (QED) is 0.628. The van der Waals surface area contributed by atoms with Crippen LogP contribution >= 0.6 is 0 Å². The number of allylic oxidation sites excluding steroid dienone is 2. The molecule has 0 bridgehead atoms. The minimum absolute atomic E-state index is 0.0417. The number of hydrogen-bond donors (Lipinski definition) is 2. The molecular formula is C27H36N2O3. The van der Waals surface area contributed by atoms with E-state index in [2.05, 4.69) is 36.8 Å². The summed E-state index contributed by atoms with van der Waals surface area (Å²) >= 11 is 0. The van der Waals surface area contributed by atoms with E-state index in [-0.39, 0.29) is 23.4 Å². The third-order valence-corrected chi connectivity index (χ3v) is 9.71. The molecule has 0 unspecified atom stereocenters. The Labute approximate surface area is 191 Å². The number of rotatable bonds is 4. The standard InChI is InChI=1S/C27H36N2O3/c1-4-16-9-19-12-20(30)5-7-26(19,2)21-6-8-27(3)22(24(16)21)10-17(11-23(31)32)25(27)18-13-28-15-29-14-18/h9,13-16,20-22,24,30H,4-8,10-12H2,1-3H3,(H,31,32)/t16-,20-,21-,22-,24+,26-,27-/m0/s1. The normalized spacial score (nSPS) is 40.9. The summed E-state index contributed by atoms with van der Waals surface area (Å²) < 4.78 is 0. The number of nitrogens with zero attached hydrogens (tertiary/aromatic N) is 2. The summed E-state index contributed by atoms with van der Waals surface area (Å²) in [7, 11) is 0. The molecule has 1 aromatic heterocycles. The lowest BCUT2D eigenvalue weighted by Gasteiger charge is -2.60. The highest BCUT2D eigenvalue weighted by Gasteiger charge is 2.60. The number of carboxylic acid groups (broad SMARTS) is 1. The first kappa shape index (κ1) is 21.8. The van der Waals surface area contributed by atoms with Gasteiger partial charge in [-0.3, -0.25) is 4.79 Å². The van der Waals surface area contributed by atoms with Crippen molar-refractivity contribution in [1.29, 1.82) is 0 Å². The summed E-state index contributed by atoms with van der Waals surface area (Å²) in [6.45, 7) is 7.12. The van der Waals surface area contributed by atoms with Crippen molar-refractivity contribution in [3.05, 3.63) is 41.5 Å². The fourth-order valence-corrected chi connectivity index (χ4v) is 8.28. The molecule has 0 spiro atoms. The zero-order valence-electron chi connectivity index (χ0n) is 19.6. The third-order valence-electron chi connectivity index (χ3n) is 9.71. The molecule has 2 fully saturated rings. The van der Waals surface area contributed by atoms with Crippen molar-refractivity contribution in [2.45, 2.75) is 78.2 Å². The zero-order valence-corrected chi connectivity index (χ0v) is 19.6. The molecule has 4 aliphatic carbocycles. The maximum absolute atomic E-state index is 11.8.